The normalized spacial score (nSPS) is 19.6. The summed E-state index contributed by atoms with van der Waals surface area (Å²) >= 11 is 0. The fourth-order valence-electron chi connectivity index (χ4n) is 2.31. The second kappa shape index (κ2) is 6.57. The van der Waals surface area contributed by atoms with E-state index in [1.165, 1.54) is 0 Å². The molecular weight excluding hydrogens is 244 g/mol. The molecule has 1 saturated heterocycles. The molecule has 1 aliphatic heterocycles. The molecule has 0 bridgehead atoms. The van der Waals surface area contributed by atoms with Crippen molar-refractivity contribution in [1.82, 2.24) is 9.80 Å². The molecule has 1 rings (SSSR count). The molecule has 5 nitrogen and oxygen atoms in total. The standard InChI is InChI=1S/C14H28N2O3/c1-11(2)12(10-17)15-6-8-16(9-7-15)13(18)19-14(3,4)5/h11-12,17H,6-10H2,1-5H3/t12-/m0/s1. The van der Waals surface area contributed by atoms with Gasteiger partial charge >= 0.3 is 6.09 Å². The highest BCUT2D eigenvalue weighted by molar-refractivity contribution is 5.68. The summed E-state index contributed by atoms with van der Waals surface area (Å²) < 4.78 is 5.37. The first kappa shape index (κ1) is 16.2. The number of carbonyl (C=O) groups is 1. The minimum absolute atomic E-state index is 0.171. The Kier molecular flexibility index (Phi) is 5.62. The van der Waals surface area contributed by atoms with Crippen molar-refractivity contribution < 1.29 is 14.6 Å². The number of aliphatic hydroxyl groups excluding tert-OH is 1. The zero-order chi connectivity index (χ0) is 14.6. The Balaban J connectivity index is 2.46. The van der Waals surface area contributed by atoms with E-state index in [0.29, 0.717) is 19.0 Å². The average molecular weight is 272 g/mol. The Hall–Kier alpha value is -0.810. The van der Waals surface area contributed by atoms with Crippen LogP contribution in [0.5, 0.6) is 0 Å². The van der Waals surface area contributed by atoms with Crippen molar-refractivity contribution in [2.45, 2.75) is 46.3 Å². The van der Waals surface area contributed by atoms with Crippen LogP contribution in [0.3, 0.4) is 0 Å². The van der Waals surface area contributed by atoms with Crippen molar-refractivity contribution in [2.24, 2.45) is 5.92 Å². The number of piperazine rings is 1. The summed E-state index contributed by atoms with van der Waals surface area (Å²) in [4.78, 5) is 15.9. The fraction of sp³-hybridized carbons (Fsp3) is 0.929. The van der Waals surface area contributed by atoms with Crippen molar-refractivity contribution in [3.63, 3.8) is 0 Å². The topological polar surface area (TPSA) is 53.0 Å². The molecule has 0 aliphatic carbocycles. The van der Waals surface area contributed by atoms with Gasteiger partial charge in [-0.1, -0.05) is 13.8 Å². The highest BCUT2D eigenvalue weighted by atomic mass is 16.6. The Morgan fingerprint density at radius 2 is 1.74 bits per heavy atom. The van der Waals surface area contributed by atoms with Gasteiger partial charge in [-0.25, -0.2) is 4.79 Å². The Bertz CT molecular complexity index is 292. The first-order valence-corrected chi connectivity index (χ1v) is 7.07. The van der Waals surface area contributed by atoms with Gasteiger partial charge in [0.05, 0.1) is 6.61 Å². The molecule has 0 aromatic carbocycles. The molecule has 112 valence electrons. The SMILES string of the molecule is CC(C)[C@H](CO)N1CCN(C(=O)OC(C)(C)C)CC1. The van der Waals surface area contributed by atoms with Gasteiger partial charge in [0.2, 0.25) is 0 Å². The quantitative estimate of drug-likeness (QED) is 0.847. The summed E-state index contributed by atoms with van der Waals surface area (Å²) in [6.07, 6.45) is -0.239. The molecule has 0 spiro atoms. The number of rotatable bonds is 3. The molecule has 1 heterocycles. The van der Waals surface area contributed by atoms with E-state index >= 15 is 0 Å². The lowest BCUT2D eigenvalue weighted by Gasteiger charge is -2.40. The van der Waals surface area contributed by atoms with Crippen LogP contribution < -0.4 is 0 Å². The van der Waals surface area contributed by atoms with Crippen LogP contribution in [0.25, 0.3) is 0 Å². The van der Waals surface area contributed by atoms with Crippen LogP contribution >= 0.6 is 0 Å². The number of carbonyl (C=O) groups excluding carboxylic acids is 1. The number of hydrogen-bond acceptors (Lipinski definition) is 4. The van der Waals surface area contributed by atoms with Crippen LogP contribution in [-0.4, -0.2) is 65.4 Å². The van der Waals surface area contributed by atoms with E-state index in [1.54, 1.807) is 4.90 Å². The van der Waals surface area contributed by atoms with Gasteiger partial charge in [-0.3, -0.25) is 4.90 Å². The van der Waals surface area contributed by atoms with E-state index in [9.17, 15) is 9.90 Å². The third kappa shape index (κ3) is 4.99. The number of nitrogens with zero attached hydrogens (tertiary/aromatic N) is 2. The second-order valence-electron chi connectivity index (χ2n) is 6.50. The van der Waals surface area contributed by atoms with Crippen molar-refractivity contribution in [2.75, 3.05) is 32.8 Å². The second-order valence-corrected chi connectivity index (χ2v) is 6.50. The average Bonchev–Trinajstić information content (AvgIpc) is 2.28. The first-order chi connectivity index (χ1) is 8.74. The maximum Gasteiger partial charge on any atom is 0.410 e. The van der Waals surface area contributed by atoms with Crippen LogP contribution in [0, 0.1) is 5.92 Å². The molecule has 19 heavy (non-hydrogen) atoms. The molecule has 0 unspecified atom stereocenters. The predicted molar refractivity (Wildman–Crippen MR) is 75.1 cm³/mol. The van der Waals surface area contributed by atoms with Crippen LogP contribution in [0.1, 0.15) is 34.6 Å². The Morgan fingerprint density at radius 1 is 1.21 bits per heavy atom. The van der Waals surface area contributed by atoms with Crippen LogP contribution in [0.4, 0.5) is 4.79 Å². The third-order valence-corrected chi connectivity index (χ3v) is 3.39. The summed E-state index contributed by atoms with van der Waals surface area (Å²) in [5.41, 5.74) is -0.445. The molecule has 1 aliphatic rings. The van der Waals surface area contributed by atoms with Crippen molar-refractivity contribution in [1.29, 1.82) is 0 Å². The van der Waals surface area contributed by atoms with Gasteiger partial charge in [-0.2, -0.15) is 0 Å². The number of aliphatic hydroxyl groups is 1. The van der Waals surface area contributed by atoms with Crippen molar-refractivity contribution in [3.8, 4) is 0 Å². The summed E-state index contributed by atoms with van der Waals surface area (Å²) in [6.45, 7) is 12.9. The van der Waals surface area contributed by atoms with Gasteiger partial charge in [0.1, 0.15) is 5.60 Å². The number of ether oxygens (including phenoxy) is 1. The zero-order valence-electron chi connectivity index (χ0n) is 12.8. The lowest BCUT2D eigenvalue weighted by Crippen LogP contribution is -2.54. The van der Waals surface area contributed by atoms with E-state index in [4.69, 9.17) is 4.74 Å². The lowest BCUT2D eigenvalue weighted by atomic mass is 10.0. The summed E-state index contributed by atoms with van der Waals surface area (Å²) in [5.74, 6) is 0.415. The monoisotopic (exact) mass is 272 g/mol. The highest BCUT2D eigenvalue weighted by Crippen LogP contribution is 2.15. The largest absolute Gasteiger partial charge is 0.444 e. The number of amides is 1. The van der Waals surface area contributed by atoms with Gasteiger partial charge in [0, 0.05) is 32.2 Å². The van der Waals surface area contributed by atoms with Crippen LogP contribution in [0.15, 0.2) is 0 Å². The third-order valence-electron chi connectivity index (χ3n) is 3.39. The van der Waals surface area contributed by atoms with E-state index in [0.717, 1.165) is 13.1 Å². The molecular formula is C14H28N2O3. The lowest BCUT2D eigenvalue weighted by molar-refractivity contribution is 0.00226. The summed E-state index contributed by atoms with van der Waals surface area (Å²) in [7, 11) is 0. The van der Waals surface area contributed by atoms with Crippen LogP contribution in [-0.2, 0) is 4.74 Å². The maximum absolute atomic E-state index is 11.9. The molecule has 0 aromatic rings. The molecule has 1 N–H and O–H groups in total. The Morgan fingerprint density at radius 3 is 2.11 bits per heavy atom. The van der Waals surface area contributed by atoms with E-state index in [-0.39, 0.29) is 18.7 Å². The predicted octanol–water partition coefficient (Wildman–Crippen LogP) is 1.56. The molecule has 1 atom stereocenters. The molecule has 0 aromatic heterocycles. The van der Waals surface area contributed by atoms with Crippen LogP contribution in [0.2, 0.25) is 0 Å². The maximum atomic E-state index is 11.9. The number of hydrogen-bond donors (Lipinski definition) is 1. The molecule has 5 heteroatoms. The molecule has 1 amide bonds. The van der Waals surface area contributed by atoms with Gasteiger partial charge in [0.15, 0.2) is 0 Å². The summed E-state index contributed by atoms with van der Waals surface area (Å²) in [5, 5.41) is 9.43. The van der Waals surface area contributed by atoms with Gasteiger partial charge in [-0.05, 0) is 26.7 Å². The molecule has 1 fully saturated rings. The van der Waals surface area contributed by atoms with Gasteiger partial charge < -0.3 is 14.7 Å². The smallest absolute Gasteiger partial charge is 0.410 e. The fourth-order valence-corrected chi connectivity index (χ4v) is 2.31. The van der Waals surface area contributed by atoms with Gasteiger partial charge in [-0.15, -0.1) is 0 Å². The minimum Gasteiger partial charge on any atom is -0.444 e. The molecule has 0 radical (unpaired) electrons. The van der Waals surface area contributed by atoms with Gasteiger partial charge in [0.25, 0.3) is 0 Å². The minimum atomic E-state index is -0.445. The van der Waals surface area contributed by atoms with Crippen molar-refractivity contribution >= 4 is 6.09 Å². The Labute approximate surface area is 116 Å². The summed E-state index contributed by atoms with van der Waals surface area (Å²) in [6, 6.07) is 0.181. The van der Waals surface area contributed by atoms with E-state index in [2.05, 4.69) is 18.7 Å². The first-order valence-electron chi connectivity index (χ1n) is 7.07. The highest BCUT2D eigenvalue weighted by Gasteiger charge is 2.29. The zero-order valence-corrected chi connectivity index (χ0v) is 12.8. The van der Waals surface area contributed by atoms with E-state index < -0.39 is 5.60 Å². The molecule has 0 saturated carbocycles. The van der Waals surface area contributed by atoms with E-state index in [1.807, 2.05) is 20.8 Å². The van der Waals surface area contributed by atoms with Crippen molar-refractivity contribution in [3.05, 3.63) is 0 Å².